The van der Waals surface area contributed by atoms with Crippen LogP contribution in [0.2, 0.25) is 0 Å². The molecule has 0 spiro atoms. The first-order chi connectivity index (χ1) is 9.19. The molecule has 0 aliphatic heterocycles. The fourth-order valence-electron chi connectivity index (χ4n) is 1.44. The Labute approximate surface area is 111 Å². The second kappa shape index (κ2) is 8.15. The first-order valence-electron chi connectivity index (χ1n) is 5.80. The molecule has 0 unspecified atom stereocenters. The third-order valence-electron chi connectivity index (χ3n) is 2.50. The highest BCUT2D eigenvalue weighted by atomic mass is 16.5. The Hall–Kier alpha value is -2.02. The molecule has 1 aromatic heterocycles. The summed E-state index contributed by atoms with van der Waals surface area (Å²) in [5, 5.41) is 7.28. The van der Waals surface area contributed by atoms with Gasteiger partial charge in [0, 0.05) is 20.2 Å². The van der Waals surface area contributed by atoms with Crippen molar-refractivity contribution in [2.75, 3.05) is 33.9 Å². The molecule has 0 radical (unpaired) electrons. The average Bonchev–Trinajstić information content (AvgIpc) is 2.47. The monoisotopic (exact) mass is 267 g/mol. The Balaban J connectivity index is 2.67. The summed E-state index contributed by atoms with van der Waals surface area (Å²) in [7, 11) is 2.87. The number of ether oxygens (including phenoxy) is 2. The molecule has 0 saturated carbocycles. The second-order valence-electron chi connectivity index (χ2n) is 3.74. The molecule has 0 fully saturated rings. The van der Waals surface area contributed by atoms with Crippen molar-refractivity contribution in [1.29, 1.82) is 0 Å². The lowest BCUT2D eigenvalue weighted by atomic mass is 10.2. The molecule has 0 saturated heterocycles. The molecule has 1 aromatic rings. The van der Waals surface area contributed by atoms with E-state index in [-0.39, 0.29) is 24.8 Å². The zero-order valence-corrected chi connectivity index (χ0v) is 11.0. The van der Waals surface area contributed by atoms with E-state index in [0.29, 0.717) is 18.7 Å². The zero-order chi connectivity index (χ0) is 14.1. The molecule has 0 atom stereocenters. The van der Waals surface area contributed by atoms with Gasteiger partial charge in [0.1, 0.15) is 0 Å². The van der Waals surface area contributed by atoms with Crippen molar-refractivity contribution in [3.05, 3.63) is 24.0 Å². The predicted octanol–water partition coefficient (Wildman–Crippen LogP) is 0.128. The van der Waals surface area contributed by atoms with Gasteiger partial charge in [-0.1, -0.05) is 0 Å². The Morgan fingerprint density at radius 1 is 1.26 bits per heavy atom. The minimum absolute atomic E-state index is 0.143. The topological polar surface area (TPSA) is 81.6 Å². The van der Waals surface area contributed by atoms with Crippen LogP contribution < -0.4 is 0 Å². The number of aromatic nitrogens is 2. The van der Waals surface area contributed by atoms with Crippen LogP contribution in [0.3, 0.4) is 0 Å². The van der Waals surface area contributed by atoms with Crippen LogP contribution in [0, 0.1) is 0 Å². The van der Waals surface area contributed by atoms with Gasteiger partial charge < -0.3 is 14.4 Å². The molecular formula is C12H17N3O4. The van der Waals surface area contributed by atoms with E-state index >= 15 is 0 Å². The molecule has 0 bridgehead atoms. The van der Waals surface area contributed by atoms with Crippen LogP contribution in [0.25, 0.3) is 0 Å². The predicted molar refractivity (Wildman–Crippen MR) is 66.4 cm³/mol. The fourth-order valence-corrected chi connectivity index (χ4v) is 1.44. The van der Waals surface area contributed by atoms with Crippen LogP contribution in [-0.2, 0) is 14.3 Å². The van der Waals surface area contributed by atoms with Crippen molar-refractivity contribution in [3.63, 3.8) is 0 Å². The summed E-state index contributed by atoms with van der Waals surface area (Å²) in [5.74, 6) is -0.570. The van der Waals surface area contributed by atoms with Gasteiger partial charge in [-0.3, -0.25) is 9.59 Å². The lowest BCUT2D eigenvalue weighted by molar-refractivity contribution is -0.140. The summed E-state index contributed by atoms with van der Waals surface area (Å²) in [6.45, 7) is 1.07. The van der Waals surface area contributed by atoms with Gasteiger partial charge >= 0.3 is 5.97 Å². The van der Waals surface area contributed by atoms with Crippen LogP contribution in [0.1, 0.15) is 16.8 Å². The summed E-state index contributed by atoms with van der Waals surface area (Å²) >= 11 is 0. The quantitative estimate of drug-likeness (QED) is 0.653. The van der Waals surface area contributed by atoms with Crippen molar-refractivity contribution in [2.24, 2.45) is 0 Å². The molecule has 0 aromatic carbocycles. The molecule has 1 rings (SSSR count). The van der Waals surface area contributed by atoms with Crippen LogP contribution in [0.4, 0.5) is 0 Å². The van der Waals surface area contributed by atoms with Gasteiger partial charge in [0.2, 0.25) is 0 Å². The van der Waals surface area contributed by atoms with E-state index in [0.717, 1.165) is 0 Å². The maximum atomic E-state index is 12.2. The Kier molecular flexibility index (Phi) is 6.45. The van der Waals surface area contributed by atoms with E-state index in [1.165, 1.54) is 24.4 Å². The summed E-state index contributed by atoms with van der Waals surface area (Å²) in [6.07, 6.45) is 2.98. The number of esters is 1. The van der Waals surface area contributed by atoms with Crippen LogP contribution in [-0.4, -0.2) is 60.9 Å². The van der Waals surface area contributed by atoms with E-state index in [1.54, 1.807) is 13.2 Å². The number of amides is 1. The van der Waals surface area contributed by atoms with Gasteiger partial charge in [-0.2, -0.15) is 10.2 Å². The molecule has 1 heterocycles. The average molecular weight is 267 g/mol. The minimum Gasteiger partial charge on any atom is -0.469 e. The first-order valence-corrected chi connectivity index (χ1v) is 5.80. The van der Waals surface area contributed by atoms with Gasteiger partial charge in [-0.25, -0.2) is 0 Å². The van der Waals surface area contributed by atoms with E-state index in [2.05, 4.69) is 14.9 Å². The first kappa shape index (κ1) is 15.0. The highest BCUT2D eigenvalue weighted by Crippen LogP contribution is 2.04. The Bertz CT molecular complexity index is 411. The van der Waals surface area contributed by atoms with Crippen molar-refractivity contribution in [2.45, 2.75) is 6.42 Å². The van der Waals surface area contributed by atoms with E-state index in [4.69, 9.17) is 4.74 Å². The van der Waals surface area contributed by atoms with Crippen LogP contribution in [0.5, 0.6) is 0 Å². The largest absolute Gasteiger partial charge is 0.469 e. The second-order valence-corrected chi connectivity index (χ2v) is 3.74. The summed E-state index contributed by atoms with van der Waals surface area (Å²) < 4.78 is 9.51. The maximum Gasteiger partial charge on any atom is 0.307 e. The molecule has 0 aliphatic rings. The van der Waals surface area contributed by atoms with Gasteiger partial charge in [0.15, 0.2) is 0 Å². The molecule has 0 aliphatic carbocycles. The summed E-state index contributed by atoms with van der Waals surface area (Å²) in [4.78, 5) is 24.9. The maximum absolute atomic E-state index is 12.2. The van der Waals surface area contributed by atoms with Gasteiger partial charge in [-0.15, -0.1) is 0 Å². The van der Waals surface area contributed by atoms with E-state index < -0.39 is 0 Å². The van der Waals surface area contributed by atoms with Crippen molar-refractivity contribution in [1.82, 2.24) is 15.1 Å². The summed E-state index contributed by atoms with van der Waals surface area (Å²) in [6, 6.07) is 1.58. The molecule has 1 amide bonds. The van der Waals surface area contributed by atoms with Crippen molar-refractivity contribution >= 4 is 11.9 Å². The third kappa shape index (κ3) is 5.01. The number of rotatable bonds is 7. The van der Waals surface area contributed by atoms with Crippen LogP contribution >= 0.6 is 0 Å². The van der Waals surface area contributed by atoms with E-state index in [9.17, 15) is 9.59 Å². The van der Waals surface area contributed by atoms with Crippen molar-refractivity contribution in [3.8, 4) is 0 Å². The SMILES string of the molecule is COCCN(CCC(=O)OC)C(=O)c1ccnnc1. The third-order valence-corrected chi connectivity index (χ3v) is 2.50. The van der Waals surface area contributed by atoms with E-state index in [1.807, 2.05) is 0 Å². The standard InChI is InChI=1S/C12H17N3O4/c1-18-8-7-15(6-4-11(16)19-2)12(17)10-3-5-13-14-9-10/h3,5,9H,4,6-8H2,1-2H3. The minimum atomic E-state index is -0.358. The molecule has 7 nitrogen and oxygen atoms in total. The van der Waals surface area contributed by atoms with Gasteiger partial charge in [0.25, 0.3) is 5.91 Å². The lowest BCUT2D eigenvalue weighted by Gasteiger charge is -2.21. The lowest BCUT2D eigenvalue weighted by Crippen LogP contribution is -2.35. The normalized spacial score (nSPS) is 10.0. The summed E-state index contributed by atoms with van der Waals surface area (Å²) in [5.41, 5.74) is 0.427. The molecule has 19 heavy (non-hydrogen) atoms. The molecular weight excluding hydrogens is 250 g/mol. The number of methoxy groups -OCH3 is 2. The van der Waals surface area contributed by atoms with Crippen LogP contribution in [0.15, 0.2) is 18.5 Å². The zero-order valence-electron chi connectivity index (χ0n) is 11.0. The molecule has 0 N–H and O–H groups in total. The number of carbonyl (C=O) groups excluding carboxylic acids is 2. The highest BCUT2D eigenvalue weighted by Gasteiger charge is 2.17. The van der Waals surface area contributed by atoms with Gasteiger partial charge in [-0.05, 0) is 6.07 Å². The Morgan fingerprint density at radius 3 is 2.63 bits per heavy atom. The number of nitrogens with zero attached hydrogens (tertiary/aromatic N) is 3. The fraction of sp³-hybridized carbons (Fsp3) is 0.500. The number of carbonyl (C=O) groups is 2. The highest BCUT2D eigenvalue weighted by molar-refractivity contribution is 5.94. The molecule has 104 valence electrons. The molecule has 7 heteroatoms. The Morgan fingerprint density at radius 2 is 2.05 bits per heavy atom. The number of hydrogen-bond acceptors (Lipinski definition) is 6. The van der Waals surface area contributed by atoms with Crippen molar-refractivity contribution < 1.29 is 19.1 Å². The smallest absolute Gasteiger partial charge is 0.307 e. The van der Waals surface area contributed by atoms with Gasteiger partial charge in [0.05, 0.1) is 38.1 Å². The number of hydrogen-bond donors (Lipinski definition) is 0.